The Kier molecular flexibility index (Phi) is 17.0. The highest BCUT2D eigenvalue weighted by Gasteiger charge is 2.09. The molecule has 3 unspecified atom stereocenters. The first-order chi connectivity index (χ1) is 13.0. The molecule has 0 aliphatic carbocycles. The van der Waals surface area contributed by atoms with Gasteiger partial charge in [0.25, 0.3) is 0 Å². The monoisotopic (exact) mass is 382 g/mol. The Balaban J connectivity index is 3.71. The predicted octanol–water partition coefficient (Wildman–Crippen LogP) is 4.13. The Morgan fingerprint density at radius 1 is 0.852 bits per heavy atom. The molecule has 0 aromatic heterocycles. The number of rotatable bonds is 17. The van der Waals surface area contributed by atoms with E-state index in [9.17, 15) is 20.1 Å². The SMILES string of the molecule is CCCCC/C=C/CC(O)CC/C=C/C=C/C(O)CCCC(O)CC(=O)O. The summed E-state index contributed by atoms with van der Waals surface area (Å²) in [5.41, 5.74) is 0. The van der Waals surface area contributed by atoms with Gasteiger partial charge in [0.2, 0.25) is 0 Å². The number of hydrogen-bond acceptors (Lipinski definition) is 4. The molecular formula is C22H38O5. The first-order valence-corrected chi connectivity index (χ1v) is 10.2. The summed E-state index contributed by atoms with van der Waals surface area (Å²) in [6.45, 7) is 2.19. The Morgan fingerprint density at radius 3 is 2.33 bits per heavy atom. The van der Waals surface area contributed by atoms with E-state index in [1.807, 2.05) is 12.2 Å². The van der Waals surface area contributed by atoms with Crippen LogP contribution in [0, 0.1) is 0 Å². The van der Waals surface area contributed by atoms with Crippen molar-refractivity contribution in [2.75, 3.05) is 0 Å². The number of carboxylic acid groups (broad SMARTS) is 1. The average molecular weight is 383 g/mol. The lowest BCUT2D eigenvalue weighted by atomic mass is 10.1. The molecule has 4 N–H and O–H groups in total. The summed E-state index contributed by atoms with van der Waals surface area (Å²) in [4.78, 5) is 10.4. The maximum Gasteiger partial charge on any atom is 0.305 e. The van der Waals surface area contributed by atoms with E-state index in [1.165, 1.54) is 19.3 Å². The van der Waals surface area contributed by atoms with E-state index in [2.05, 4.69) is 19.1 Å². The van der Waals surface area contributed by atoms with Crippen molar-refractivity contribution in [2.24, 2.45) is 0 Å². The van der Waals surface area contributed by atoms with Crippen LogP contribution in [0.5, 0.6) is 0 Å². The van der Waals surface area contributed by atoms with Crippen molar-refractivity contribution < 1.29 is 25.2 Å². The van der Waals surface area contributed by atoms with Crippen LogP contribution in [-0.2, 0) is 4.79 Å². The van der Waals surface area contributed by atoms with E-state index < -0.39 is 18.2 Å². The molecule has 0 aromatic carbocycles. The minimum absolute atomic E-state index is 0.255. The van der Waals surface area contributed by atoms with Crippen LogP contribution in [0.15, 0.2) is 36.5 Å². The molecule has 5 heteroatoms. The minimum atomic E-state index is -1.01. The Hall–Kier alpha value is -1.43. The van der Waals surface area contributed by atoms with Gasteiger partial charge in [0, 0.05) is 0 Å². The Bertz CT molecular complexity index is 442. The molecule has 0 rings (SSSR count). The highest BCUT2D eigenvalue weighted by molar-refractivity contribution is 5.67. The number of hydrogen-bond donors (Lipinski definition) is 4. The smallest absolute Gasteiger partial charge is 0.305 e. The van der Waals surface area contributed by atoms with E-state index in [-0.39, 0.29) is 12.5 Å². The first-order valence-electron chi connectivity index (χ1n) is 10.2. The predicted molar refractivity (Wildman–Crippen MR) is 110 cm³/mol. The van der Waals surface area contributed by atoms with Crippen LogP contribution >= 0.6 is 0 Å². The third-order valence-electron chi connectivity index (χ3n) is 4.24. The van der Waals surface area contributed by atoms with Gasteiger partial charge in [-0.15, -0.1) is 0 Å². The Morgan fingerprint density at radius 2 is 1.63 bits per heavy atom. The van der Waals surface area contributed by atoms with Crippen LogP contribution < -0.4 is 0 Å². The molecule has 0 bridgehead atoms. The van der Waals surface area contributed by atoms with E-state index >= 15 is 0 Å². The topological polar surface area (TPSA) is 98.0 Å². The van der Waals surface area contributed by atoms with Crippen LogP contribution in [0.25, 0.3) is 0 Å². The zero-order valence-corrected chi connectivity index (χ0v) is 16.7. The molecule has 0 heterocycles. The molecule has 0 saturated heterocycles. The molecule has 156 valence electrons. The van der Waals surface area contributed by atoms with Gasteiger partial charge < -0.3 is 20.4 Å². The molecule has 0 aliphatic heterocycles. The summed E-state index contributed by atoms with van der Waals surface area (Å²) in [7, 11) is 0. The molecule has 0 fully saturated rings. The average Bonchev–Trinajstić information content (AvgIpc) is 2.60. The number of carboxylic acids is 1. The number of aliphatic hydroxyl groups excluding tert-OH is 3. The third-order valence-corrected chi connectivity index (χ3v) is 4.24. The van der Waals surface area contributed by atoms with E-state index in [0.29, 0.717) is 32.1 Å². The summed E-state index contributed by atoms with van der Waals surface area (Å²) >= 11 is 0. The molecule has 3 atom stereocenters. The molecule has 0 radical (unpaired) electrons. The lowest BCUT2D eigenvalue weighted by molar-refractivity contribution is -0.139. The number of aliphatic hydroxyl groups is 3. The quantitative estimate of drug-likeness (QED) is 0.172. The highest BCUT2D eigenvalue weighted by Crippen LogP contribution is 2.08. The zero-order chi connectivity index (χ0) is 20.3. The molecule has 0 amide bonds. The van der Waals surface area contributed by atoms with Gasteiger partial charge in [0.05, 0.1) is 24.7 Å². The molecule has 0 spiro atoms. The third kappa shape index (κ3) is 19.1. The summed E-state index contributed by atoms with van der Waals surface area (Å²) in [5.74, 6) is -1.01. The molecule has 0 saturated carbocycles. The molecule has 0 aliphatic rings. The summed E-state index contributed by atoms with van der Waals surface area (Å²) in [5, 5.41) is 37.7. The van der Waals surface area contributed by atoms with Gasteiger partial charge in [-0.25, -0.2) is 0 Å². The molecule has 5 nitrogen and oxygen atoms in total. The maximum absolute atomic E-state index is 10.4. The second-order valence-electron chi connectivity index (χ2n) is 7.00. The number of carbonyl (C=O) groups is 1. The van der Waals surface area contributed by atoms with Crippen molar-refractivity contribution in [1.29, 1.82) is 0 Å². The van der Waals surface area contributed by atoms with Crippen molar-refractivity contribution in [3.63, 3.8) is 0 Å². The summed E-state index contributed by atoms with van der Waals surface area (Å²) < 4.78 is 0. The van der Waals surface area contributed by atoms with Gasteiger partial charge in [0.1, 0.15) is 0 Å². The number of unbranched alkanes of at least 4 members (excludes halogenated alkanes) is 3. The maximum atomic E-state index is 10.4. The number of aliphatic carboxylic acids is 1. The van der Waals surface area contributed by atoms with Crippen molar-refractivity contribution in [2.45, 2.75) is 95.9 Å². The molecular weight excluding hydrogens is 344 g/mol. The number of allylic oxidation sites excluding steroid dienone is 4. The minimum Gasteiger partial charge on any atom is -0.481 e. The van der Waals surface area contributed by atoms with Crippen LogP contribution in [0.3, 0.4) is 0 Å². The summed E-state index contributed by atoms with van der Waals surface area (Å²) in [6.07, 6.45) is 17.9. The van der Waals surface area contributed by atoms with E-state index in [0.717, 1.165) is 12.8 Å². The van der Waals surface area contributed by atoms with Crippen LogP contribution in [-0.4, -0.2) is 44.7 Å². The van der Waals surface area contributed by atoms with E-state index in [4.69, 9.17) is 5.11 Å². The van der Waals surface area contributed by atoms with Crippen molar-refractivity contribution in [3.8, 4) is 0 Å². The lowest BCUT2D eigenvalue weighted by Crippen LogP contribution is -2.13. The standard InChI is InChI=1S/C22H38O5/c1-2-3-4-5-6-9-13-19(23)14-10-7-8-11-15-20(24)16-12-17-21(25)18-22(26)27/h6-9,11,15,19-21,23-25H,2-5,10,12-14,16-18H2,1H3,(H,26,27)/b8-7+,9-6+,15-11+. The van der Waals surface area contributed by atoms with Crippen molar-refractivity contribution in [1.82, 2.24) is 0 Å². The second-order valence-corrected chi connectivity index (χ2v) is 7.00. The van der Waals surface area contributed by atoms with Gasteiger partial charge in [-0.05, 0) is 51.4 Å². The van der Waals surface area contributed by atoms with Crippen LogP contribution in [0.2, 0.25) is 0 Å². The second kappa shape index (κ2) is 18.0. The first kappa shape index (κ1) is 25.6. The largest absolute Gasteiger partial charge is 0.481 e. The highest BCUT2D eigenvalue weighted by atomic mass is 16.4. The normalized spacial score (nSPS) is 15.7. The fraction of sp³-hybridized carbons (Fsp3) is 0.682. The molecule has 27 heavy (non-hydrogen) atoms. The van der Waals surface area contributed by atoms with Gasteiger partial charge in [-0.3, -0.25) is 4.79 Å². The summed E-state index contributed by atoms with van der Waals surface area (Å²) in [6, 6.07) is 0. The van der Waals surface area contributed by atoms with Crippen molar-refractivity contribution in [3.05, 3.63) is 36.5 Å². The lowest BCUT2D eigenvalue weighted by Gasteiger charge is -2.09. The fourth-order valence-electron chi connectivity index (χ4n) is 2.62. The van der Waals surface area contributed by atoms with Gasteiger partial charge >= 0.3 is 5.97 Å². The zero-order valence-electron chi connectivity index (χ0n) is 16.7. The molecule has 0 aromatic rings. The van der Waals surface area contributed by atoms with Crippen LogP contribution in [0.4, 0.5) is 0 Å². The fourth-order valence-corrected chi connectivity index (χ4v) is 2.62. The van der Waals surface area contributed by atoms with Gasteiger partial charge in [-0.1, -0.05) is 56.2 Å². The van der Waals surface area contributed by atoms with E-state index in [1.54, 1.807) is 12.2 Å². The van der Waals surface area contributed by atoms with Crippen molar-refractivity contribution >= 4 is 5.97 Å². The van der Waals surface area contributed by atoms with Gasteiger partial charge in [-0.2, -0.15) is 0 Å². The van der Waals surface area contributed by atoms with Crippen LogP contribution in [0.1, 0.15) is 77.6 Å². The Labute approximate surface area is 164 Å². The van der Waals surface area contributed by atoms with Gasteiger partial charge in [0.15, 0.2) is 0 Å².